The molecule has 7 nitrogen and oxygen atoms in total. The summed E-state index contributed by atoms with van der Waals surface area (Å²) in [4.78, 5) is 16.3. The number of carbonyl (C=O) groups is 1. The number of aliphatic hydroxyl groups is 1. The lowest BCUT2D eigenvalue weighted by Crippen LogP contribution is -2.54. The monoisotopic (exact) mass is 307 g/mol. The molecular weight excluding hydrogens is 282 g/mol. The summed E-state index contributed by atoms with van der Waals surface area (Å²) in [6, 6.07) is 0.109. The van der Waals surface area contributed by atoms with E-state index in [9.17, 15) is 9.90 Å². The molecule has 1 aromatic heterocycles. The molecule has 7 heteroatoms. The Kier molecular flexibility index (Phi) is 4.52. The maximum Gasteiger partial charge on any atom is 0.317 e. The van der Waals surface area contributed by atoms with Crippen molar-refractivity contribution in [3.63, 3.8) is 0 Å². The number of aryl methyl sites for hydroxylation is 1. The summed E-state index contributed by atoms with van der Waals surface area (Å²) in [6.45, 7) is 3.00. The highest BCUT2D eigenvalue weighted by molar-refractivity contribution is 5.74. The van der Waals surface area contributed by atoms with Gasteiger partial charge in [-0.25, -0.2) is 4.79 Å². The molecular formula is C15H25N5O2. The molecule has 2 amide bonds. The van der Waals surface area contributed by atoms with Crippen LogP contribution in [0.25, 0.3) is 0 Å². The fraction of sp³-hybridized carbons (Fsp3) is 0.733. The van der Waals surface area contributed by atoms with Gasteiger partial charge in [0.05, 0.1) is 18.0 Å². The zero-order valence-electron chi connectivity index (χ0n) is 13.1. The normalized spacial score (nSPS) is 26.1. The van der Waals surface area contributed by atoms with E-state index < -0.39 is 0 Å². The first-order valence-electron chi connectivity index (χ1n) is 8.09. The highest BCUT2D eigenvalue weighted by atomic mass is 16.3. The van der Waals surface area contributed by atoms with E-state index in [2.05, 4.69) is 15.3 Å². The van der Waals surface area contributed by atoms with E-state index in [1.54, 1.807) is 9.58 Å². The molecule has 2 atom stereocenters. The predicted molar refractivity (Wildman–Crippen MR) is 83.8 cm³/mol. The Morgan fingerprint density at radius 2 is 2.14 bits per heavy atom. The van der Waals surface area contributed by atoms with Gasteiger partial charge in [0, 0.05) is 45.5 Å². The van der Waals surface area contributed by atoms with Gasteiger partial charge in [-0.05, 0) is 25.7 Å². The van der Waals surface area contributed by atoms with Crippen molar-refractivity contribution in [2.75, 3.05) is 31.1 Å². The zero-order chi connectivity index (χ0) is 15.5. The third-order valence-corrected chi connectivity index (χ3v) is 4.49. The summed E-state index contributed by atoms with van der Waals surface area (Å²) in [5.74, 6) is 0. The number of aliphatic hydroxyl groups excluding tert-OH is 1. The Morgan fingerprint density at radius 3 is 2.86 bits per heavy atom. The molecule has 2 aliphatic heterocycles. The minimum absolute atomic E-state index is 0.0446. The molecule has 2 unspecified atom stereocenters. The van der Waals surface area contributed by atoms with Crippen molar-refractivity contribution in [3.05, 3.63) is 12.4 Å². The number of amides is 2. The van der Waals surface area contributed by atoms with E-state index in [0.717, 1.165) is 51.0 Å². The summed E-state index contributed by atoms with van der Waals surface area (Å²) < 4.78 is 1.80. The van der Waals surface area contributed by atoms with Crippen LogP contribution < -0.4 is 10.2 Å². The summed E-state index contributed by atoms with van der Waals surface area (Å²) in [7, 11) is 1.91. The van der Waals surface area contributed by atoms with Crippen LogP contribution >= 0.6 is 0 Å². The van der Waals surface area contributed by atoms with Crippen molar-refractivity contribution in [2.24, 2.45) is 7.05 Å². The van der Waals surface area contributed by atoms with Gasteiger partial charge in [0.2, 0.25) is 0 Å². The molecule has 0 radical (unpaired) electrons. The van der Waals surface area contributed by atoms with Crippen molar-refractivity contribution in [1.82, 2.24) is 20.0 Å². The minimum Gasteiger partial charge on any atom is -0.391 e. The fourth-order valence-electron chi connectivity index (χ4n) is 3.31. The van der Waals surface area contributed by atoms with Crippen LogP contribution in [0.4, 0.5) is 10.5 Å². The Morgan fingerprint density at radius 1 is 1.32 bits per heavy atom. The number of aromatic nitrogens is 2. The first kappa shape index (κ1) is 15.1. The van der Waals surface area contributed by atoms with E-state index in [1.807, 2.05) is 19.4 Å². The van der Waals surface area contributed by atoms with Crippen molar-refractivity contribution < 1.29 is 9.90 Å². The van der Waals surface area contributed by atoms with Crippen LogP contribution in [0.5, 0.6) is 0 Å². The molecule has 2 fully saturated rings. The molecule has 0 spiro atoms. The van der Waals surface area contributed by atoms with E-state index in [4.69, 9.17) is 0 Å². The SMILES string of the molecule is Cn1cc(N2CCCC(NC(=O)N3CCCC(O)C3)C2)cn1. The van der Waals surface area contributed by atoms with Gasteiger partial charge < -0.3 is 20.2 Å². The Hall–Kier alpha value is -1.76. The summed E-state index contributed by atoms with van der Waals surface area (Å²) in [5, 5.41) is 17.0. The van der Waals surface area contributed by atoms with Gasteiger partial charge in [0.15, 0.2) is 0 Å². The average Bonchev–Trinajstić information content (AvgIpc) is 2.94. The average molecular weight is 307 g/mol. The lowest BCUT2D eigenvalue weighted by Gasteiger charge is -2.36. The fourth-order valence-corrected chi connectivity index (χ4v) is 3.31. The van der Waals surface area contributed by atoms with Gasteiger partial charge in [0.1, 0.15) is 0 Å². The third-order valence-electron chi connectivity index (χ3n) is 4.49. The van der Waals surface area contributed by atoms with Crippen LogP contribution in [-0.4, -0.2) is 64.1 Å². The highest BCUT2D eigenvalue weighted by Crippen LogP contribution is 2.19. The zero-order valence-corrected chi connectivity index (χ0v) is 13.1. The van der Waals surface area contributed by atoms with Crippen LogP contribution in [0, 0.1) is 0 Å². The largest absolute Gasteiger partial charge is 0.391 e. The maximum absolute atomic E-state index is 12.3. The van der Waals surface area contributed by atoms with Crippen LogP contribution in [0.15, 0.2) is 12.4 Å². The number of likely N-dealkylation sites (tertiary alicyclic amines) is 1. The second-order valence-corrected chi connectivity index (χ2v) is 6.35. The Labute approximate surface area is 130 Å². The molecule has 3 rings (SSSR count). The van der Waals surface area contributed by atoms with Gasteiger partial charge >= 0.3 is 6.03 Å². The van der Waals surface area contributed by atoms with E-state index >= 15 is 0 Å². The van der Waals surface area contributed by atoms with E-state index in [1.165, 1.54) is 0 Å². The molecule has 3 heterocycles. The molecule has 2 aliphatic rings. The standard InChI is InChI=1S/C15H25N5O2/c1-18-10-13(8-16-18)19-6-2-4-12(9-19)17-15(22)20-7-3-5-14(21)11-20/h8,10,12,14,21H,2-7,9,11H2,1H3,(H,17,22). The van der Waals surface area contributed by atoms with Crippen LogP contribution in [0.2, 0.25) is 0 Å². The number of nitrogens with zero attached hydrogens (tertiary/aromatic N) is 4. The number of rotatable bonds is 2. The molecule has 0 aliphatic carbocycles. The van der Waals surface area contributed by atoms with Gasteiger partial charge in [-0.2, -0.15) is 5.10 Å². The van der Waals surface area contributed by atoms with Crippen molar-refractivity contribution in [2.45, 2.75) is 37.8 Å². The van der Waals surface area contributed by atoms with Crippen LogP contribution in [-0.2, 0) is 7.05 Å². The number of nitrogens with one attached hydrogen (secondary N) is 1. The molecule has 2 saturated heterocycles. The lowest BCUT2D eigenvalue weighted by molar-refractivity contribution is 0.0831. The van der Waals surface area contributed by atoms with Crippen molar-refractivity contribution in [3.8, 4) is 0 Å². The third kappa shape index (κ3) is 3.52. The number of carbonyl (C=O) groups excluding carboxylic acids is 1. The van der Waals surface area contributed by atoms with Crippen LogP contribution in [0.1, 0.15) is 25.7 Å². The van der Waals surface area contributed by atoms with Crippen molar-refractivity contribution in [1.29, 1.82) is 0 Å². The molecule has 22 heavy (non-hydrogen) atoms. The second-order valence-electron chi connectivity index (χ2n) is 6.35. The maximum atomic E-state index is 12.3. The molecule has 1 aromatic rings. The van der Waals surface area contributed by atoms with Gasteiger partial charge in [-0.1, -0.05) is 0 Å². The number of piperidine rings is 2. The lowest BCUT2D eigenvalue weighted by atomic mass is 10.1. The molecule has 122 valence electrons. The minimum atomic E-state index is -0.377. The summed E-state index contributed by atoms with van der Waals surface area (Å²) in [5.41, 5.74) is 1.11. The number of hydrogen-bond acceptors (Lipinski definition) is 4. The molecule has 0 bridgehead atoms. The summed E-state index contributed by atoms with van der Waals surface area (Å²) in [6.07, 6.45) is 7.22. The topological polar surface area (TPSA) is 73.6 Å². The number of hydrogen-bond donors (Lipinski definition) is 2. The quantitative estimate of drug-likeness (QED) is 0.837. The Bertz CT molecular complexity index is 518. The van der Waals surface area contributed by atoms with Gasteiger partial charge in [-0.15, -0.1) is 0 Å². The van der Waals surface area contributed by atoms with Crippen molar-refractivity contribution >= 4 is 11.7 Å². The molecule has 2 N–H and O–H groups in total. The first-order chi connectivity index (χ1) is 10.6. The van der Waals surface area contributed by atoms with E-state index in [0.29, 0.717) is 6.54 Å². The van der Waals surface area contributed by atoms with Crippen LogP contribution in [0.3, 0.4) is 0 Å². The molecule has 0 aromatic carbocycles. The second kappa shape index (κ2) is 6.56. The number of β-amino-alcohol motifs (C(OH)–C–C–N with tert-alkyl or cyclic N) is 1. The Balaban J connectivity index is 1.54. The summed E-state index contributed by atoms with van der Waals surface area (Å²) >= 11 is 0. The highest BCUT2D eigenvalue weighted by Gasteiger charge is 2.26. The predicted octanol–water partition coefficient (Wildman–Crippen LogP) is 0.555. The number of anilines is 1. The molecule has 0 saturated carbocycles. The van der Waals surface area contributed by atoms with Gasteiger partial charge in [0.25, 0.3) is 0 Å². The number of urea groups is 1. The van der Waals surface area contributed by atoms with E-state index in [-0.39, 0.29) is 18.2 Å². The smallest absolute Gasteiger partial charge is 0.317 e. The van der Waals surface area contributed by atoms with Gasteiger partial charge in [-0.3, -0.25) is 4.68 Å². The first-order valence-corrected chi connectivity index (χ1v) is 8.09.